The monoisotopic (exact) mass is 434 g/mol. The molecule has 3 rings (SSSR count). The first kappa shape index (κ1) is 22.1. The van der Waals surface area contributed by atoms with Crippen LogP contribution in [0.15, 0.2) is 54.7 Å². The SMILES string of the molecule is N#CC1(NC(=O)[C@H](CSCc2ccccn2)N[C@H](c2ccccc2)C(F)(F)F)CC1. The van der Waals surface area contributed by atoms with Crippen LogP contribution in [0, 0.1) is 11.3 Å². The molecule has 2 N–H and O–H groups in total. The fraction of sp³-hybridized carbons (Fsp3) is 0.381. The maximum atomic E-state index is 13.8. The summed E-state index contributed by atoms with van der Waals surface area (Å²) in [7, 11) is 0. The minimum Gasteiger partial charge on any atom is -0.336 e. The van der Waals surface area contributed by atoms with Gasteiger partial charge in [0.2, 0.25) is 5.91 Å². The summed E-state index contributed by atoms with van der Waals surface area (Å²) in [6.07, 6.45) is -1.94. The van der Waals surface area contributed by atoms with Crippen molar-refractivity contribution < 1.29 is 18.0 Å². The van der Waals surface area contributed by atoms with E-state index in [1.165, 1.54) is 36.0 Å². The molecule has 0 bridgehead atoms. The van der Waals surface area contributed by atoms with Gasteiger partial charge in [-0.25, -0.2) is 0 Å². The Morgan fingerprint density at radius 3 is 2.47 bits per heavy atom. The highest BCUT2D eigenvalue weighted by atomic mass is 32.2. The summed E-state index contributed by atoms with van der Waals surface area (Å²) in [6, 6.07) is 11.7. The highest BCUT2D eigenvalue weighted by Gasteiger charge is 2.47. The number of pyridine rings is 1. The lowest BCUT2D eigenvalue weighted by Gasteiger charge is -2.28. The summed E-state index contributed by atoms with van der Waals surface area (Å²) < 4.78 is 41.3. The molecule has 158 valence electrons. The van der Waals surface area contributed by atoms with E-state index in [0.29, 0.717) is 18.6 Å². The zero-order valence-corrected chi connectivity index (χ0v) is 16.8. The maximum Gasteiger partial charge on any atom is 0.407 e. The molecular formula is C21H21F3N4OS. The predicted octanol–water partition coefficient (Wildman–Crippen LogP) is 3.75. The van der Waals surface area contributed by atoms with Gasteiger partial charge in [0.05, 0.1) is 17.8 Å². The van der Waals surface area contributed by atoms with Gasteiger partial charge in [-0.15, -0.1) is 0 Å². The van der Waals surface area contributed by atoms with E-state index in [-0.39, 0.29) is 11.3 Å². The summed E-state index contributed by atoms with van der Waals surface area (Å²) in [5, 5.41) is 14.3. The van der Waals surface area contributed by atoms with Crippen LogP contribution in [0.3, 0.4) is 0 Å². The van der Waals surface area contributed by atoms with Gasteiger partial charge in [-0.05, 0) is 30.5 Å². The van der Waals surface area contributed by atoms with Gasteiger partial charge in [-0.3, -0.25) is 15.1 Å². The number of aromatic nitrogens is 1. The lowest BCUT2D eigenvalue weighted by atomic mass is 10.1. The van der Waals surface area contributed by atoms with Crippen molar-refractivity contribution in [1.82, 2.24) is 15.6 Å². The summed E-state index contributed by atoms with van der Waals surface area (Å²) in [5.41, 5.74) is -0.157. The van der Waals surface area contributed by atoms with E-state index < -0.39 is 29.7 Å². The second-order valence-corrected chi connectivity index (χ2v) is 8.15. The largest absolute Gasteiger partial charge is 0.407 e. The predicted molar refractivity (Wildman–Crippen MR) is 108 cm³/mol. The Labute approximate surface area is 177 Å². The summed E-state index contributed by atoms with van der Waals surface area (Å²) in [6.45, 7) is 0. The van der Waals surface area contributed by atoms with Crippen molar-refractivity contribution in [3.05, 3.63) is 66.0 Å². The molecule has 1 saturated carbocycles. The molecule has 1 aliphatic rings. The third-order valence-electron chi connectivity index (χ3n) is 4.73. The van der Waals surface area contributed by atoms with Crippen LogP contribution in [0.5, 0.6) is 0 Å². The first-order valence-electron chi connectivity index (χ1n) is 9.42. The van der Waals surface area contributed by atoms with Crippen LogP contribution >= 0.6 is 11.8 Å². The third kappa shape index (κ3) is 5.97. The van der Waals surface area contributed by atoms with Gasteiger partial charge in [0.1, 0.15) is 11.6 Å². The van der Waals surface area contributed by atoms with Crippen LogP contribution < -0.4 is 10.6 Å². The number of rotatable bonds is 9. The fourth-order valence-corrected chi connectivity index (χ4v) is 3.88. The standard InChI is InChI=1S/C21H21F3N4OS/c22-21(23,24)18(15-6-2-1-3-7-15)27-17(19(29)28-20(14-25)9-10-20)13-30-12-16-8-4-5-11-26-16/h1-8,11,17-18,27H,9-10,12-13H2,(H,28,29)/t17-,18+/m0/s1. The second kappa shape index (κ2) is 9.49. The van der Waals surface area contributed by atoms with Gasteiger partial charge in [0.25, 0.3) is 0 Å². The van der Waals surface area contributed by atoms with Crippen molar-refractivity contribution in [3.8, 4) is 6.07 Å². The van der Waals surface area contributed by atoms with Gasteiger partial charge < -0.3 is 5.32 Å². The Balaban J connectivity index is 1.74. The van der Waals surface area contributed by atoms with E-state index >= 15 is 0 Å². The smallest absolute Gasteiger partial charge is 0.336 e. The summed E-state index contributed by atoms with van der Waals surface area (Å²) in [5.74, 6) is -0.0473. The average Bonchev–Trinajstić information content (AvgIpc) is 3.51. The lowest BCUT2D eigenvalue weighted by molar-refractivity contribution is -0.160. The van der Waals surface area contributed by atoms with Crippen LogP contribution in [0.2, 0.25) is 0 Å². The van der Waals surface area contributed by atoms with Crippen LogP contribution in [-0.4, -0.2) is 34.4 Å². The molecule has 0 saturated heterocycles. The van der Waals surface area contributed by atoms with Crippen molar-refractivity contribution in [2.24, 2.45) is 0 Å². The van der Waals surface area contributed by atoms with Crippen molar-refractivity contribution in [1.29, 1.82) is 5.26 Å². The molecule has 0 radical (unpaired) electrons. The van der Waals surface area contributed by atoms with Crippen molar-refractivity contribution in [3.63, 3.8) is 0 Å². The minimum absolute atomic E-state index is 0.0268. The van der Waals surface area contributed by atoms with E-state index in [2.05, 4.69) is 15.6 Å². The molecule has 0 aliphatic heterocycles. The van der Waals surface area contributed by atoms with E-state index in [4.69, 9.17) is 0 Å². The molecule has 1 fully saturated rings. The number of hydrogen-bond donors (Lipinski definition) is 2. The Bertz CT molecular complexity index is 883. The highest BCUT2D eigenvalue weighted by molar-refractivity contribution is 7.98. The number of thioether (sulfide) groups is 1. The number of nitrogens with zero attached hydrogens (tertiary/aromatic N) is 2. The molecule has 5 nitrogen and oxygen atoms in total. The summed E-state index contributed by atoms with van der Waals surface area (Å²) >= 11 is 1.31. The van der Waals surface area contributed by atoms with Gasteiger partial charge >= 0.3 is 6.18 Å². The first-order chi connectivity index (χ1) is 14.3. The molecule has 1 aromatic heterocycles. The first-order valence-corrected chi connectivity index (χ1v) is 10.6. The highest BCUT2D eigenvalue weighted by Crippen LogP contribution is 2.35. The van der Waals surface area contributed by atoms with Crippen LogP contribution in [-0.2, 0) is 10.5 Å². The van der Waals surface area contributed by atoms with Gasteiger partial charge in [-0.2, -0.15) is 30.2 Å². The average molecular weight is 434 g/mol. The number of amides is 1. The quantitative estimate of drug-likeness (QED) is 0.629. The molecular weight excluding hydrogens is 413 g/mol. The van der Waals surface area contributed by atoms with Crippen LogP contribution in [0.1, 0.15) is 30.1 Å². The Morgan fingerprint density at radius 1 is 1.20 bits per heavy atom. The Morgan fingerprint density at radius 2 is 1.90 bits per heavy atom. The number of nitrogens with one attached hydrogen (secondary N) is 2. The number of halogens is 3. The van der Waals surface area contributed by atoms with E-state index in [1.54, 1.807) is 18.3 Å². The van der Waals surface area contributed by atoms with Gasteiger partial charge in [0, 0.05) is 17.7 Å². The second-order valence-electron chi connectivity index (χ2n) is 7.12. The zero-order chi connectivity index (χ0) is 21.6. The van der Waals surface area contributed by atoms with E-state index in [9.17, 15) is 23.2 Å². The molecule has 1 aliphatic carbocycles. The number of alkyl halides is 3. The number of carbonyl (C=O) groups is 1. The zero-order valence-electron chi connectivity index (χ0n) is 16.0. The molecule has 2 aromatic rings. The molecule has 0 spiro atoms. The van der Waals surface area contributed by atoms with Crippen molar-refractivity contribution >= 4 is 17.7 Å². The molecule has 1 heterocycles. The molecule has 2 atom stereocenters. The number of carbonyl (C=O) groups excluding carboxylic acids is 1. The lowest BCUT2D eigenvalue weighted by Crippen LogP contribution is -2.52. The molecule has 30 heavy (non-hydrogen) atoms. The third-order valence-corrected chi connectivity index (χ3v) is 5.80. The van der Waals surface area contributed by atoms with E-state index in [1.807, 2.05) is 18.2 Å². The van der Waals surface area contributed by atoms with Crippen molar-refractivity contribution in [2.45, 2.75) is 42.4 Å². The number of hydrogen-bond acceptors (Lipinski definition) is 5. The number of benzene rings is 1. The Kier molecular flexibility index (Phi) is 7.00. The topological polar surface area (TPSA) is 77.8 Å². The van der Waals surface area contributed by atoms with E-state index in [0.717, 1.165) is 5.69 Å². The van der Waals surface area contributed by atoms with Gasteiger partial charge in [-0.1, -0.05) is 36.4 Å². The molecule has 9 heteroatoms. The minimum atomic E-state index is -4.59. The molecule has 1 amide bonds. The van der Waals surface area contributed by atoms with Crippen LogP contribution in [0.4, 0.5) is 13.2 Å². The number of nitriles is 1. The molecule has 1 aromatic carbocycles. The van der Waals surface area contributed by atoms with Gasteiger partial charge in [0.15, 0.2) is 0 Å². The Hall–Kier alpha value is -2.57. The maximum absolute atomic E-state index is 13.8. The van der Waals surface area contributed by atoms with Crippen molar-refractivity contribution in [2.75, 3.05) is 5.75 Å². The van der Waals surface area contributed by atoms with Crippen LogP contribution in [0.25, 0.3) is 0 Å². The normalized spacial score (nSPS) is 16.9. The molecule has 0 unspecified atom stereocenters. The summed E-state index contributed by atoms with van der Waals surface area (Å²) in [4.78, 5) is 17.0. The fourth-order valence-electron chi connectivity index (χ4n) is 2.90.